The molecule has 3 rings (SSSR count). The average Bonchev–Trinajstić information content (AvgIpc) is 2.53. The number of likely N-dealkylation sites (tertiary alicyclic amines) is 1. The van der Waals surface area contributed by atoms with Crippen LogP contribution in [0.1, 0.15) is 42.1 Å². The predicted octanol–water partition coefficient (Wildman–Crippen LogP) is 1.53. The number of piperidine rings is 1. The molecule has 2 N–H and O–H groups in total. The molecule has 6 nitrogen and oxygen atoms in total. The second-order valence-electron chi connectivity index (χ2n) is 6.38. The van der Waals surface area contributed by atoms with Gasteiger partial charge in [0.25, 0.3) is 0 Å². The molecule has 0 radical (unpaired) electrons. The summed E-state index contributed by atoms with van der Waals surface area (Å²) in [6.07, 6.45) is 4.48. The molecule has 2 amide bonds. The van der Waals surface area contributed by atoms with Gasteiger partial charge in [-0.15, -0.1) is 0 Å². The normalized spacial score (nSPS) is 19.2. The summed E-state index contributed by atoms with van der Waals surface area (Å²) in [4.78, 5) is 36.6. The first kappa shape index (κ1) is 16.2. The number of nitrogens with two attached hydrogens (primary N) is 1. The zero-order valence-electron chi connectivity index (χ0n) is 13.6. The van der Waals surface area contributed by atoms with Crippen LogP contribution in [0.25, 0.3) is 6.08 Å². The van der Waals surface area contributed by atoms with E-state index >= 15 is 0 Å². The van der Waals surface area contributed by atoms with Crippen LogP contribution in [0.4, 0.5) is 0 Å². The molecule has 2 heterocycles. The molecule has 1 aromatic carbocycles. The molecule has 126 valence electrons. The van der Waals surface area contributed by atoms with Gasteiger partial charge in [-0.3, -0.25) is 14.4 Å². The van der Waals surface area contributed by atoms with E-state index in [9.17, 15) is 14.4 Å². The van der Waals surface area contributed by atoms with Crippen molar-refractivity contribution in [2.24, 2.45) is 5.73 Å². The summed E-state index contributed by atoms with van der Waals surface area (Å²) >= 11 is 0. The number of rotatable bonds is 2. The highest BCUT2D eigenvalue weighted by Gasteiger charge is 2.43. The third-order valence-electron chi connectivity index (χ3n) is 4.68. The lowest BCUT2D eigenvalue weighted by Crippen LogP contribution is -2.51. The van der Waals surface area contributed by atoms with Gasteiger partial charge >= 0.3 is 0 Å². The van der Waals surface area contributed by atoms with Crippen molar-refractivity contribution in [1.29, 1.82) is 0 Å². The Kier molecular flexibility index (Phi) is 4.13. The summed E-state index contributed by atoms with van der Waals surface area (Å²) in [5.74, 6) is 0.108. The van der Waals surface area contributed by atoms with E-state index in [1.54, 1.807) is 36.1 Å². The molecule has 1 aromatic rings. The van der Waals surface area contributed by atoms with E-state index in [0.29, 0.717) is 43.7 Å². The molecule has 0 saturated carbocycles. The van der Waals surface area contributed by atoms with Crippen molar-refractivity contribution in [2.45, 2.75) is 31.8 Å². The number of primary amides is 1. The average molecular weight is 328 g/mol. The minimum absolute atomic E-state index is 0.0475. The zero-order valence-corrected chi connectivity index (χ0v) is 13.6. The highest BCUT2D eigenvalue weighted by Crippen LogP contribution is 2.39. The van der Waals surface area contributed by atoms with E-state index in [1.165, 1.54) is 6.08 Å². The molecule has 2 aliphatic heterocycles. The first-order valence-corrected chi connectivity index (χ1v) is 7.98. The van der Waals surface area contributed by atoms with Crippen LogP contribution in [0.15, 0.2) is 24.3 Å². The van der Waals surface area contributed by atoms with Crippen molar-refractivity contribution in [3.8, 4) is 5.75 Å². The van der Waals surface area contributed by atoms with Crippen LogP contribution >= 0.6 is 0 Å². The van der Waals surface area contributed by atoms with Gasteiger partial charge in [0.15, 0.2) is 5.78 Å². The van der Waals surface area contributed by atoms with Crippen molar-refractivity contribution in [1.82, 2.24) is 4.90 Å². The van der Waals surface area contributed by atoms with Gasteiger partial charge in [0.05, 0.1) is 12.0 Å². The van der Waals surface area contributed by atoms with Gasteiger partial charge < -0.3 is 15.4 Å². The first-order valence-electron chi connectivity index (χ1n) is 7.98. The van der Waals surface area contributed by atoms with Crippen LogP contribution in [-0.4, -0.2) is 41.2 Å². The van der Waals surface area contributed by atoms with Crippen molar-refractivity contribution in [3.05, 3.63) is 35.4 Å². The summed E-state index contributed by atoms with van der Waals surface area (Å²) in [5.41, 5.74) is 5.88. The number of hydrogen-bond donors (Lipinski definition) is 1. The van der Waals surface area contributed by atoms with Gasteiger partial charge in [-0.2, -0.15) is 0 Å². The molecule has 1 fully saturated rings. The van der Waals surface area contributed by atoms with Gasteiger partial charge in [0.1, 0.15) is 11.4 Å². The maximum atomic E-state index is 12.5. The fraction of sp³-hybridized carbons (Fsp3) is 0.389. The number of benzene rings is 1. The lowest BCUT2D eigenvalue weighted by molar-refractivity contribution is -0.132. The zero-order chi connectivity index (χ0) is 17.3. The summed E-state index contributed by atoms with van der Waals surface area (Å²) in [7, 11) is 0. The number of amides is 2. The molecule has 2 aliphatic rings. The maximum Gasteiger partial charge on any atom is 0.241 e. The number of carbonyl (C=O) groups is 3. The number of hydrogen-bond acceptors (Lipinski definition) is 4. The Bertz CT molecular complexity index is 731. The lowest BCUT2D eigenvalue weighted by atomic mass is 9.82. The van der Waals surface area contributed by atoms with E-state index in [4.69, 9.17) is 10.5 Å². The molecule has 0 unspecified atom stereocenters. The minimum Gasteiger partial charge on any atom is -0.486 e. The maximum absolute atomic E-state index is 12.5. The van der Waals surface area contributed by atoms with E-state index in [-0.39, 0.29) is 11.7 Å². The third kappa shape index (κ3) is 3.18. The Hall–Kier alpha value is -2.63. The van der Waals surface area contributed by atoms with Crippen LogP contribution in [0.5, 0.6) is 5.75 Å². The Balaban J connectivity index is 1.83. The number of Topliss-reactive ketones (excluding diaryl/α,β-unsaturated/α-hetero) is 1. The van der Waals surface area contributed by atoms with Crippen LogP contribution in [0.2, 0.25) is 0 Å². The van der Waals surface area contributed by atoms with Crippen molar-refractivity contribution in [2.75, 3.05) is 13.1 Å². The van der Waals surface area contributed by atoms with Gasteiger partial charge in [0.2, 0.25) is 11.8 Å². The molecule has 1 saturated heterocycles. The molecule has 0 aliphatic carbocycles. The molecule has 6 heteroatoms. The molecule has 0 aromatic heterocycles. The van der Waals surface area contributed by atoms with Gasteiger partial charge in [-0.05, 0) is 23.8 Å². The Morgan fingerprint density at radius 2 is 2.00 bits per heavy atom. The van der Waals surface area contributed by atoms with Crippen LogP contribution in [0, 0.1) is 0 Å². The van der Waals surface area contributed by atoms with Crippen LogP contribution in [0.3, 0.4) is 0 Å². The fourth-order valence-corrected chi connectivity index (χ4v) is 3.30. The second-order valence-corrected chi connectivity index (χ2v) is 6.38. The minimum atomic E-state index is -0.540. The van der Waals surface area contributed by atoms with Gasteiger partial charge in [0, 0.05) is 38.9 Å². The SMILES string of the molecule is CC(=O)N1CCC2(CC1)CC(=O)c1ccc(/C=C/C(N)=O)cc1O2. The van der Waals surface area contributed by atoms with E-state index < -0.39 is 11.5 Å². The largest absolute Gasteiger partial charge is 0.486 e. The van der Waals surface area contributed by atoms with Gasteiger partial charge in [-0.25, -0.2) is 0 Å². The fourth-order valence-electron chi connectivity index (χ4n) is 3.30. The van der Waals surface area contributed by atoms with Crippen molar-refractivity contribution in [3.63, 3.8) is 0 Å². The molecule has 0 atom stereocenters. The quantitative estimate of drug-likeness (QED) is 0.834. The topological polar surface area (TPSA) is 89.7 Å². The summed E-state index contributed by atoms with van der Waals surface area (Å²) in [6, 6.07) is 5.23. The number of fused-ring (bicyclic) bond motifs is 1. The molecule has 0 bridgehead atoms. The van der Waals surface area contributed by atoms with Crippen LogP contribution in [-0.2, 0) is 9.59 Å². The van der Waals surface area contributed by atoms with Crippen LogP contribution < -0.4 is 10.5 Å². The summed E-state index contributed by atoms with van der Waals surface area (Å²) in [6.45, 7) is 2.75. The number of nitrogens with zero attached hydrogens (tertiary/aromatic N) is 1. The molecule has 1 spiro atoms. The highest BCUT2D eigenvalue weighted by molar-refractivity contribution is 6.01. The second kappa shape index (κ2) is 6.11. The first-order chi connectivity index (χ1) is 11.4. The smallest absolute Gasteiger partial charge is 0.241 e. The number of carbonyl (C=O) groups excluding carboxylic acids is 3. The highest BCUT2D eigenvalue weighted by atomic mass is 16.5. The number of ether oxygens (including phenoxy) is 1. The predicted molar refractivity (Wildman–Crippen MR) is 88.5 cm³/mol. The van der Waals surface area contributed by atoms with Gasteiger partial charge in [-0.1, -0.05) is 6.07 Å². The molecule has 24 heavy (non-hydrogen) atoms. The van der Waals surface area contributed by atoms with Crippen molar-refractivity contribution >= 4 is 23.7 Å². The Labute approximate surface area is 140 Å². The summed E-state index contributed by atoms with van der Waals surface area (Å²) < 4.78 is 6.20. The Morgan fingerprint density at radius 1 is 1.29 bits per heavy atom. The third-order valence-corrected chi connectivity index (χ3v) is 4.68. The number of ketones is 1. The van der Waals surface area contributed by atoms with E-state index in [2.05, 4.69) is 0 Å². The molecular weight excluding hydrogens is 308 g/mol. The monoisotopic (exact) mass is 328 g/mol. The standard InChI is InChI=1S/C18H20N2O4/c1-12(21)20-8-6-18(7-9-20)11-15(22)14-4-2-13(3-5-17(19)23)10-16(14)24-18/h2-5,10H,6-9,11H2,1H3,(H2,19,23)/b5-3+. The summed E-state index contributed by atoms with van der Waals surface area (Å²) in [5, 5.41) is 0. The van der Waals surface area contributed by atoms with E-state index in [0.717, 1.165) is 5.56 Å². The van der Waals surface area contributed by atoms with E-state index in [1.807, 2.05) is 0 Å². The molecular formula is C18H20N2O4. The lowest BCUT2D eigenvalue weighted by Gasteiger charge is -2.43. The van der Waals surface area contributed by atoms with Crippen molar-refractivity contribution < 1.29 is 19.1 Å². The Morgan fingerprint density at radius 3 is 2.62 bits per heavy atom.